The van der Waals surface area contributed by atoms with Crippen molar-refractivity contribution in [1.29, 1.82) is 5.26 Å². The number of para-hydroxylation sites is 1. The summed E-state index contributed by atoms with van der Waals surface area (Å²) in [7, 11) is 0. The van der Waals surface area contributed by atoms with Gasteiger partial charge in [-0.15, -0.1) is 0 Å². The summed E-state index contributed by atoms with van der Waals surface area (Å²) >= 11 is 0. The summed E-state index contributed by atoms with van der Waals surface area (Å²) in [5, 5.41) is 14.0. The number of hydrogen-bond acceptors (Lipinski definition) is 4. The van der Waals surface area contributed by atoms with E-state index in [2.05, 4.69) is 16.4 Å². The summed E-state index contributed by atoms with van der Waals surface area (Å²) in [5.74, 6) is -0.286. The van der Waals surface area contributed by atoms with Crippen LogP contribution in [-0.2, 0) is 9.53 Å². The number of carbonyl (C=O) groups is 1. The number of fused-ring (bicyclic) bond motifs is 1. The Kier molecular flexibility index (Phi) is 3.63. The van der Waals surface area contributed by atoms with Crippen LogP contribution in [0.3, 0.4) is 0 Å². The van der Waals surface area contributed by atoms with Crippen LogP contribution in [0.25, 0.3) is 10.9 Å². The van der Waals surface area contributed by atoms with E-state index in [1.54, 1.807) is 6.92 Å². The first-order chi connectivity index (χ1) is 10.6. The fourth-order valence-electron chi connectivity index (χ4n) is 3.26. The van der Waals surface area contributed by atoms with Crippen LogP contribution in [-0.4, -0.2) is 23.6 Å². The van der Waals surface area contributed by atoms with Crippen LogP contribution in [0.1, 0.15) is 31.9 Å². The molecule has 22 heavy (non-hydrogen) atoms. The molecule has 0 spiro atoms. The molecule has 1 aliphatic rings. The van der Waals surface area contributed by atoms with Crippen molar-refractivity contribution in [1.82, 2.24) is 10.3 Å². The van der Waals surface area contributed by atoms with Crippen molar-refractivity contribution in [2.24, 2.45) is 5.41 Å². The molecule has 5 nitrogen and oxygen atoms in total. The Labute approximate surface area is 129 Å². The number of ether oxygens (including phenoxy) is 1. The Bertz CT molecular complexity index is 746. The number of H-pyrrole nitrogens is 1. The molecule has 2 aromatic rings. The molecule has 3 atom stereocenters. The zero-order valence-electron chi connectivity index (χ0n) is 12.7. The predicted molar refractivity (Wildman–Crippen MR) is 82.9 cm³/mol. The molecule has 2 heterocycles. The maximum Gasteiger partial charge on any atom is 0.323 e. The SMILES string of the molecule is CCOC(=O)C1CC(C)(C#N)C(c2c[nH]c3ccccc23)N1. The largest absolute Gasteiger partial charge is 0.465 e. The first kappa shape index (κ1) is 14.6. The van der Waals surface area contributed by atoms with Crippen LogP contribution in [0.15, 0.2) is 30.5 Å². The molecule has 0 aliphatic carbocycles. The van der Waals surface area contributed by atoms with E-state index in [-0.39, 0.29) is 12.0 Å². The first-order valence-electron chi connectivity index (χ1n) is 7.49. The van der Waals surface area contributed by atoms with Gasteiger partial charge in [-0.05, 0) is 31.9 Å². The quantitative estimate of drug-likeness (QED) is 0.854. The van der Waals surface area contributed by atoms with Crippen molar-refractivity contribution in [2.75, 3.05) is 6.61 Å². The number of esters is 1. The lowest BCUT2D eigenvalue weighted by atomic mass is 9.80. The topological polar surface area (TPSA) is 77.9 Å². The maximum atomic E-state index is 12.0. The van der Waals surface area contributed by atoms with E-state index in [4.69, 9.17) is 4.74 Å². The van der Waals surface area contributed by atoms with Gasteiger partial charge >= 0.3 is 5.97 Å². The molecule has 1 aliphatic heterocycles. The van der Waals surface area contributed by atoms with E-state index in [1.165, 1.54) is 0 Å². The highest BCUT2D eigenvalue weighted by Crippen LogP contribution is 2.45. The monoisotopic (exact) mass is 297 g/mol. The van der Waals surface area contributed by atoms with Crippen LogP contribution in [0.2, 0.25) is 0 Å². The van der Waals surface area contributed by atoms with Crippen molar-refractivity contribution in [2.45, 2.75) is 32.4 Å². The summed E-state index contributed by atoms with van der Waals surface area (Å²) < 4.78 is 5.10. The number of hydrogen-bond donors (Lipinski definition) is 2. The lowest BCUT2D eigenvalue weighted by molar-refractivity contribution is -0.145. The molecule has 3 rings (SSSR count). The van der Waals surface area contributed by atoms with E-state index in [0.717, 1.165) is 16.5 Å². The second kappa shape index (κ2) is 5.47. The highest BCUT2D eigenvalue weighted by Gasteiger charge is 2.48. The van der Waals surface area contributed by atoms with Gasteiger partial charge in [0.1, 0.15) is 6.04 Å². The number of nitriles is 1. The van der Waals surface area contributed by atoms with Crippen LogP contribution in [0, 0.1) is 16.7 Å². The Hall–Kier alpha value is -2.32. The van der Waals surface area contributed by atoms with Gasteiger partial charge in [-0.3, -0.25) is 10.1 Å². The lowest BCUT2D eigenvalue weighted by Gasteiger charge is -2.23. The van der Waals surface area contributed by atoms with Crippen LogP contribution in [0.5, 0.6) is 0 Å². The summed E-state index contributed by atoms with van der Waals surface area (Å²) in [5.41, 5.74) is 1.40. The van der Waals surface area contributed by atoms with Crippen LogP contribution in [0.4, 0.5) is 0 Å². The molecule has 1 fully saturated rings. The zero-order valence-corrected chi connectivity index (χ0v) is 12.7. The van der Waals surface area contributed by atoms with Crippen molar-refractivity contribution < 1.29 is 9.53 Å². The Morgan fingerprint density at radius 1 is 1.50 bits per heavy atom. The summed E-state index contributed by atoms with van der Waals surface area (Å²) in [6.45, 7) is 4.02. The number of carbonyl (C=O) groups excluding carboxylic acids is 1. The average molecular weight is 297 g/mol. The highest BCUT2D eigenvalue weighted by molar-refractivity contribution is 5.84. The Morgan fingerprint density at radius 2 is 2.27 bits per heavy atom. The molecule has 114 valence electrons. The molecule has 0 bridgehead atoms. The molecule has 0 amide bonds. The van der Waals surface area contributed by atoms with E-state index in [1.807, 2.05) is 37.4 Å². The number of aromatic nitrogens is 1. The van der Waals surface area contributed by atoms with E-state index in [9.17, 15) is 10.1 Å². The van der Waals surface area contributed by atoms with Gasteiger partial charge in [-0.25, -0.2) is 0 Å². The molecule has 5 heteroatoms. The molecule has 3 unspecified atom stereocenters. The van der Waals surface area contributed by atoms with Gasteiger partial charge in [0.05, 0.1) is 24.1 Å². The fourth-order valence-corrected chi connectivity index (χ4v) is 3.26. The summed E-state index contributed by atoms with van der Waals surface area (Å²) in [6, 6.07) is 9.71. The van der Waals surface area contributed by atoms with Crippen molar-refractivity contribution in [3.8, 4) is 6.07 Å². The summed E-state index contributed by atoms with van der Waals surface area (Å²) in [6.07, 6.45) is 2.37. The minimum atomic E-state index is -0.650. The number of aromatic amines is 1. The first-order valence-corrected chi connectivity index (χ1v) is 7.49. The Balaban J connectivity index is 1.98. The van der Waals surface area contributed by atoms with Crippen molar-refractivity contribution in [3.05, 3.63) is 36.0 Å². The number of benzene rings is 1. The normalized spacial score (nSPS) is 27.7. The third kappa shape index (κ3) is 2.26. The van der Waals surface area contributed by atoms with Gasteiger partial charge in [0.25, 0.3) is 0 Å². The third-order valence-electron chi connectivity index (χ3n) is 4.39. The van der Waals surface area contributed by atoms with Gasteiger partial charge in [0.2, 0.25) is 0 Å². The average Bonchev–Trinajstić information content (AvgIpc) is 3.09. The minimum absolute atomic E-state index is 0.206. The maximum absolute atomic E-state index is 12.0. The molecular weight excluding hydrogens is 278 g/mol. The molecule has 1 saturated heterocycles. The van der Waals surface area contributed by atoms with Gasteiger partial charge in [-0.1, -0.05) is 18.2 Å². The van der Waals surface area contributed by atoms with Gasteiger partial charge in [-0.2, -0.15) is 5.26 Å². The molecule has 0 radical (unpaired) electrons. The molecule has 0 saturated carbocycles. The molecule has 1 aromatic heterocycles. The smallest absolute Gasteiger partial charge is 0.323 e. The standard InChI is InChI=1S/C17H19N3O2/c1-3-22-16(21)14-8-17(2,10-18)15(20-14)12-9-19-13-7-5-4-6-11(12)13/h4-7,9,14-15,19-20H,3,8H2,1-2H3. The van der Waals surface area contributed by atoms with Crippen LogP contribution < -0.4 is 5.32 Å². The van der Waals surface area contributed by atoms with Gasteiger partial charge in [0.15, 0.2) is 0 Å². The van der Waals surface area contributed by atoms with E-state index in [0.29, 0.717) is 13.0 Å². The molecular formula is C17H19N3O2. The van der Waals surface area contributed by atoms with Gasteiger partial charge in [0, 0.05) is 17.1 Å². The Morgan fingerprint density at radius 3 is 3.00 bits per heavy atom. The van der Waals surface area contributed by atoms with Gasteiger partial charge < -0.3 is 9.72 Å². The summed E-state index contributed by atoms with van der Waals surface area (Å²) in [4.78, 5) is 15.3. The second-order valence-electron chi connectivity index (χ2n) is 5.93. The zero-order chi connectivity index (χ0) is 15.7. The van der Waals surface area contributed by atoms with Crippen molar-refractivity contribution in [3.63, 3.8) is 0 Å². The number of nitrogens with one attached hydrogen (secondary N) is 2. The third-order valence-corrected chi connectivity index (χ3v) is 4.39. The second-order valence-corrected chi connectivity index (χ2v) is 5.93. The lowest BCUT2D eigenvalue weighted by Crippen LogP contribution is -2.34. The van der Waals surface area contributed by atoms with Crippen LogP contribution >= 0.6 is 0 Å². The number of rotatable bonds is 3. The highest BCUT2D eigenvalue weighted by atomic mass is 16.5. The molecule has 2 N–H and O–H groups in total. The van der Waals surface area contributed by atoms with E-state index < -0.39 is 11.5 Å². The number of nitrogens with zero attached hydrogens (tertiary/aromatic N) is 1. The molecule has 1 aromatic carbocycles. The fraction of sp³-hybridized carbons (Fsp3) is 0.412. The predicted octanol–water partition coefficient (Wildman–Crippen LogP) is 2.66. The minimum Gasteiger partial charge on any atom is -0.465 e. The van der Waals surface area contributed by atoms with Crippen molar-refractivity contribution >= 4 is 16.9 Å². The van der Waals surface area contributed by atoms with E-state index >= 15 is 0 Å².